The number of carbonyl (C=O) groups is 1. The molecule has 0 radical (unpaired) electrons. The Morgan fingerprint density at radius 2 is 1.63 bits per heavy atom. The first-order valence-corrected chi connectivity index (χ1v) is 8.78. The highest BCUT2D eigenvalue weighted by molar-refractivity contribution is 7.85. The van der Waals surface area contributed by atoms with E-state index in [0.717, 1.165) is 12.8 Å². The Morgan fingerprint density at radius 3 is 2.26 bits per heavy atom. The largest absolute Gasteiger partial charge is 0.356 e. The molecule has 5 nitrogen and oxygen atoms in total. The van der Waals surface area contributed by atoms with Crippen molar-refractivity contribution in [3.05, 3.63) is 0 Å². The minimum absolute atomic E-state index is 0.0300. The maximum absolute atomic E-state index is 11.4. The Kier molecular flexibility index (Phi) is 10.9. The van der Waals surface area contributed by atoms with Gasteiger partial charge in [0.15, 0.2) is 0 Å². The van der Waals surface area contributed by atoms with E-state index in [2.05, 4.69) is 12.2 Å². The molecule has 0 aliphatic carbocycles. The van der Waals surface area contributed by atoms with E-state index in [4.69, 9.17) is 4.55 Å². The van der Waals surface area contributed by atoms with Gasteiger partial charge in [-0.1, -0.05) is 39.0 Å². The molecule has 0 aromatic carbocycles. The minimum Gasteiger partial charge on any atom is -0.356 e. The van der Waals surface area contributed by atoms with E-state index >= 15 is 0 Å². The summed E-state index contributed by atoms with van der Waals surface area (Å²) in [7, 11) is -3.86. The maximum atomic E-state index is 11.4. The van der Waals surface area contributed by atoms with Gasteiger partial charge in [-0.15, -0.1) is 0 Å². The smallest absolute Gasteiger partial charge is 0.264 e. The van der Waals surface area contributed by atoms with Gasteiger partial charge in [0.2, 0.25) is 5.91 Å². The van der Waals surface area contributed by atoms with E-state index in [1.165, 1.54) is 25.7 Å². The molecule has 0 unspecified atom stereocenters. The topological polar surface area (TPSA) is 83.5 Å². The summed E-state index contributed by atoms with van der Waals surface area (Å²) in [6, 6.07) is 0. The molecule has 0 heterocycles. The summed E-state index contributed by atoms with van der Waals surface area (Å²) < 4.78 is 29.4. The first kappa shape index (κ1) is 18.4. The van der Waals surface area contributed by atoms with E-state index in [-0.39, 0.29) is 11.7 Å². The molecule has 19 heavy (non-hydrogen) atoms. The molecule has 114 valence electrons. The molecular formula is C13H27NO4S. The lowest BCUT2D eigenvalue weighted by molar-refractivity contribution is -0.121. The fourth-order valence-corrected chi connectivity index (χ4v) is 2.36. The van der Waals surface area contributed by atoms with Gasteiger partial charge in [0.25, 0.3) is 10.1 Å². The average Bonchev–Trinajstić information content (AvgIpc) is 2.31. The lowest BCUT2D eigenvalue weighted by Gasteiger charge is -2.04. The summed E-state index contributed by atoms with van der Waals surface area (Å²) in [5.74, 6) is -0.206. The second kappa shape index (κ2) is 11.2. The molecule has 0 rings (SSSR count). The van der Waals surface area contributed by atoms with Crippen molar-refractivity contribution in [2.75, 3.05) is 12.3 Å². The van der Waals surface area contributed by atoms with E-state index in [1.807, 2.05) is 0 Å². The molecule has 0 fully saturated rings. The van der Waals surface area contributed by atoms with Gasteiger partial charge in [-0.2, -0.15) is 8.42 Å². The maximum Gasteiger partial charge on any atom is 0.264 e. The second-order valence-corrected chi connectivity index (χ2v) is 6.43. The van der Waals surface area contributed by atoms with E-state index < -0.39 is 10.1 Å². The third-order valence-corrected chi connectivity index (χ3v) is 3.71. The van der Waals surface area contributed by atoms with Crippen molar-refractivity contribution in [3.8, 4) is 0 Å². The summed E-state index contributed by atoms with van der Waals surface area (Å²) >= 11 is 0. The fraction of sp³-hybridized carbons (Fsp3) is 0.923. The molecule has 0 aliphatic heterocycles. The van der Waals surface area contributed by atoms with E-state index in [1.54, 1.807) is 0 Å². The monoisotopic (exact) mass is 293 g/mol. The summed E-state index contributed by atoms with van der Waals surface area (Å²) in [6.45, 7) is 2.65. The highest BCUT2D eigenvalue weighted by atomic mass is 32.2. The van der Waals surface area contributed by atoms with Gasteiger partial charge in [0.05, 0.1) is 5.75 Å². The Morgan fingerprint density at radius 1 is 1.00 bits per heavy atom. The van der Waals surface area contributed by atoms with Gasteiger partial charge < -0.3 is 5.32 Å². The normalized spacial score (nSPS) is 11.5. The number of nitrogens with one attached hydrogen (secondary N) is 1. The average molecular weight is 293 g/mol. The molecule has 2 N–H and O–H groups in total. The molecule has 1 amide bonds. The molecule has 0 aromatic heterocycles. The first-order chi connectivity index (χ1) is 8.95. The van der Waals surface area contributed by atoms with Crippen molar-refractivity contribution < 1.29 is 17.8 Å². The number of unbranched alkanes of at least 4 members (excludes halogenated alkanes) is 6. The van der Waals surface area contributed by atoms with Gasteiger partial charge in [0.1, 0.15) is 0 Å². The number of hydrogen-bond donors (Lipinski definition) is 2. The number of amides is 1. The Hall–Kier alpha value is -0.620. The first-order valence-electron chi connectivity index (χ1n) is 7.17. The van der Waals surface area contributed by atoms with Gasteiger partial charge >= 0.3 is 0 Å². The zero-order valence-corrected chi connectivity index (χ0v) is 12.7. The Labute approximate surface area is 116 Å². The lowest BCUT2D eigenvalue weighted by atomic mass is 10.1. The standard InChI is InChI=1S/C13H27NO4S/c1-2-3-4-5-6-7-10-13(15)14-11-8-9-12-19(16,17)18/h2-12H2,1H3,(H,14,15)(H,16,17,18). The van der Waals surface area contributed by atoms with Crippen LogP contribution in [0.4, 0.5) is 0 Å². The molecule has 0 bridgehead atoms. The third kappa shape index (κ3) is 15.3. The lowest BCUT2D eigenvalue weighted by Crippen LogP contribution is -2.24. The quantitative estimate of drug-likeness (QED) is 0.428. The zero-order chi connectivity index (χ0) is 14.6. The molecule has 0 atom stereocenters. The van der Waals surface area contributed by atoms with Crippen LogP contribution in [0.3, 0.4) is 0 Å². The number of carbonyl (C=O) groups excluding carboxylic acids is 1. The zero-order valence-electron chi connectivity index (χ0n) is 11.9. The van der Waals surface area contributed by atoms with Crippen LogP contribution < -0.4 is 5.32 Å². The number of rotatable bonds is 12. The van der Waals surface area contributed by atoms with Gasteiger partial charge in [-0.3, -0.25) is 9.35 Å². The van der Waals surface area contributed by atoms with Crippen molar-refractivity contribution in [1.29, 1.82) is 0 Å². The molecule has 0 aliphatic rings. The van der Waals surface area contributed by atoms with Gasteiger partial charge in [0, 0.05) is 13.0 Å². The minimum atomic E-state index is -3.86. The molecule has 0 saturated heterocycles. The summed E-state index contributed by atoms with van der Waals surface area (Å²) in [5.41, 5.74) is 0. The van der Waals surface area contributed by atoms with Crippen LogP contribution in [0.25, 0.3) is 0 Å². The molecule has 0 saturated carbocycles. The van der Waals surface area contributed by atoms with Crippen LogP contribution in [0.15, 0.2) is 0 Å². The van der Waals surface area contributed by atoms with Crippen molar-refractivity contribution >= 4 is 16.0 Å². The van der Waals surface area contributed by atoms with Crippen LogP contribution in [0.1, 0.15) is 64.7 Å². The van der Waals surface area contributed by atoms with Crippen molar-refractivity contribution in [2.45, 2.75) is 64.7 Å². The summed E-state index contributed by atoms with van der Waals surface area (Å²) in [5, 5.41) is 2.76. The highest BCUT2D eigenvalue weighted by Crippen LogP contribution is 2.06. The molecule has 6 heteroatoms. The van der Waals surface area contributed by atoms with Crippen LogP contribution in [-0.4, -0.2) is 31.2 Å². The molecule has 0 aromatic rings. The van der Waals surface area contributed by atoms with Crippen molar-refractivity contribution in [1.82, 2.24) is 5.32 Å². The SMILES string of the molecule is CCCCCCCCC(=O)NCCCCS(=O)(=O)O. The van der Waals surface area contributed by atoms with Crippen LogP contribution >= 0.6 is 0 Å². The Balaban J connectivity index is 3.30. The van der Waals surface area contributed by atoms with Crippen LogP contribution in [0, 0.1) is 0 Å². The van der Waals surface area contributed by atoms with E-state index in [9.17, 15) is 13.2 Å². The summed E-state index contributed by atoms with van der Waals surface area (Å²) in [4.78, 5) is 11.4. The predicted octanol–water partition coefficient (Wildman–Crippen LogP) is 2.52. The van der Waals surface area contributed by atoms with Crippen molar-refractivity contribution in [2.24, 2.45) is 0 Å². The Bertz CT molecular complexity index is 328. The summed E-state index contributed by atoms with van der Waals surface area (Å²) in [6.07, 6.45) is 8.42. The van der Waals surface area contributed by atoms with Gasteiger partial charge in [-0.25, -0.2) is 0 Å². The molecular weight excluding hydrogens is 266 g/mol. The molecule has 0 spiro atoms. The highest BCUT2D eigenvalue weighted by Gasteiger charge is 2.04. The van der Waals surface area contributed by atoms with Crippen LogP contribution in [0.5, 0.6) is 0 Å². The van der Waals surface area contributed by atoms with Crippen LogP contribution in [-0.2, 0) is 14.9 Å². The third-order valence-electron chi connectivity index (χ3n) is 2.91. The second-order valence-electron chi connectivity index (χ2n) is 4.86. The number of hydrogen-bond acceptors (Lipinski definition) is 3. The van der Waals surface area contributed by atoms with E-state index in [0.29, 0.717) is 25.8 Å². The predicted molar refractivity (Wildman–Crippen MR) is 76.7 cm³/mol. The van der Waals surface area contributed by atoms with Crippen LogP contribution in [0.2, 0.25) is 0 Å². The van der Waals surface area contributed by atoms with Gasteiger partial charge in [-0.05, 0) is 19.3 Å². The van der Waals surface area contributed by atoms with Crippen molar-refractivity contribution in [3.63, 3.8) is 0 Å². The fourth-order valence-electron chi connectivity index (χ4n) is 1.79.